The molecule has 1 heterocycles. The highest BCUT2D eigenvalue weighted by Gasteiger charge is 2.23. The van der Waals surface area contributed by atoms with Crippen LogP contribution in [0.2, 0.25) is 0 Å². The van der Waals surface area contributed by atoms with Crippen molar-refractivity contribution in [2.45, 2.75) is 51.2 Å². The summed E-state index contributed by atoms with van der Waals surface area (Å²) >= 11 is 0. The molecule has 4 nitrogen and oxygen atoms in total. The predicted octanol–water partition coefficient (Wildman–Crippen LogP) is 4.50. The van der Waals surface area contributed by atoms with Gasteiger partial charge in [0.25, 0.3) is 0 Å². The van der Waals surface area contributed by atoms with E-state index in [9.17, 15) is 4.79 Å². The average Bonchev–Trinajstić information content (AvgIpc) is 3.23. The molecule has 1 aliphatic heterocycles. The second-order valence-corrected chi connectivity index (χ2v) is 8.20. The molecule has 4 heteroatoms. The standard InChI is InChI=1S/C24H31N3O/c1-26(17-20-10-2-3-11-21(20)18-27-15-6-7-16-27)24(28)25-23-14-8-12-19-9-4-5-13-22(19)23/h2-5,9-11,13,23H,6-8,12,14-18H2,1H3,(H,25,28)/t23-/m1/s1. The van der Waals surface area contributed by atoms with E-state index in [2.05, 4.69) is 58.7 Å². The van der Waals surface area contributed by atoms with Gasteiger partial charge in [0.2, 0.25) is 0 Å². The molecule has 1 aliphatic carbocycles. The van der Waals surface area contributed by atoms with Crippen LogP contribution < -0.4 is 5.32 Å². The molecule has 1 atom stereocenters. The lowest BCUT2D eigenvalue weighted by Gasteiger charge is -2.29. The zero-order chi connectivity index (χ0) is 19.3. The van der Waals surface area contributed by atoms with Crippen LogP contribution in [0.3, 0.4) is 0 Å². The zero-order valence-corrected chi connectivity index (χ0v) is 16.9. The molecule has 4 rings (SSSR count). The van der Waals surface area contributed by atoms with Crippen LogP contribution in [-0.4, -0.2) is 36.0 Å². The van der Waals surface area contributed by atoms with Crippen molar-refractivity contribution >= 4 is 6.03 Å². The van der Waals surface area contributed by atoms with Crippen molar-refractivity contribution in [2.24, 2.45) is 0 Å². The van der Waals surface area contributed by atoms with Gasteiger partial charge in [-0.25, -0.2) is 4.79 Å². The van der Waals surface area contributed by atoms with Crippen molar-refractivity contribution in [1.29, 1.82) is 0 Å². The highest BCUT2D eigenvalue weighted by molar-refractivity contribution is 5.74. The lowest BCUT2D eigenvalue weighted by Crippen LogP contribution is -2.40. The number of nitrogens with zero attached hydrogens (tertiary/aromatic N) is 2. The molecule has 2 amide bonds. The Hall–Kier alpha value is -2.33. The number of carbonyl (C=O) groups excluding carboxylic acids is 1. The van der Waals surface area contributed by atoms with Crippen molar-refractivity contribution in [3.63, 3.8) is 0 Å². The summed E-state index contributed by atoms with van der Waals surface area (Å²) in [5.41, 5.74) is 5.24. The van der Waals surface area contributed by atoms with Gasteiger partial charge in [-0.2, -0.15) is 0 Å². The predicted molar refractivity (Wildman–Crippen MR) is 113 cm³/mol. The number of carbonyl (C=O) groups is 1. The van der Waals surface area contributed by atoms with E-state index in [1.165, 1.54) is 48.2 Å². The third-order valence-corrected chi connectivity index (χ3v) is 6.13. The van der Waals surface area contributed by atoms with Crippen LogP contribution in [0.25, 0.3) is 0 Å². The molecule has 28 heavy (non-hydrogen) atoms. The monoisotopic (exact) mass is 377 g/mol. The first-order chi connectivity index (χ1) is 13.7. The summed E-state index contributed by atoms with van der Waals surface area (Å²) in [7, 11) is 1.90. The maximum Gasteiger partial charge on any atom is 0.317 e. The molecule has 2 aliphatic rings. The molecule has 1 N–H and O–H groups in total. The summed E-state index contributed by atoms with van der Waals surface area (Å²) in [6.45, 7) is 4.00. The van der Waals surface area contributed by atoms with Gasteiger partial charge in [-0.05, 0) is 67.4 Å². The molecule has 0 unspecified atom stereocenters. The maximum atomic E-state index is 12.9. The van der Waals surface area contributed by atoms with Gasteiger partial charge >= 0.3 is 6.03 Å². The fourth-order valence-electron chi connectivity index (χ4n) is 4.54. The van der Waals surface area contributed by atoms with E-state index >= 15 is 0 Å². The topological polar surface area (TPSA) is 35.6 Å². The van der Waals surface area contributed by atoms with Gasteiger partial charge in [0.15, 0.2) is 0 Å². The smallest absolute Gasteiger partial charge is 0.317 e. The number of rotatable bonds is 5. The molecule has 0 radical (unpaired) electrons. The summed E-state index contributed by atoms with van der Waals surface area (Å²) in [6, 6.07) is 17.2. The number of amides is 2. The number of benzene rings is 2. The lowest BCUT2D eigenvalue weighted by atomic mass is 9.88. The number of nitrogens with one attached hydrogen (secondary N) is 1. The average molecular weight is 378 g/mol. The second kappa shape index (κ2) is 8.78. The minimum atomic E-state index is 0.0117. The van der Waals surface area contributed by atoms with E-state index in [-0.39, 0.29) is 12.1 Å². The van der Waals surface area contributed by atoms with Crippen molar-refractivity contribution in [3.05, 3.63) is 70.8 Å². The van der Waals surface area contributed by atoms with Crippen molar-refractivity contribution in [2.75, 3.05) is 20.1 Å². The number of hydrogen-bond donors (Lipinski definition) is 1. The SMILES string of the molecule is CN(Cc1ccccc1CN1CCCC1)C(=O)N[C@@H]1CCCc2ccccc21. The first-order valence-corrected chi connectivity index (χ1v) is 10.6. The molecular formula is C24H31N3O. The molecule has 0 spiro atoms. The van der Waals surface area contributed by atoms with E-state index in [0.29, 0.717) is 6.54 Å². The molecule has 2 aromatic rings. The Morgan fingerprint density at radius 2 is 1.75 bits per heavy atom. The van der Waals surface area contributed by atoms with Crippen LogP contribution >= 0.6 is 0 Å². The second-order valence-electron chi connectivity index (χ2n) is 8.20. The number of fused-ring (bicyclic) bond motifs is 1. The molecule has 1 fully saturated rings. The number of urea groups is 1. The van der Waals surface area contributed by atoms with Gasteiger partial charge < -0.3 is 10.2 Å². The number of hydrogen-bond acceptors (Lipinski definition) is 2. The molecule has 0 saturated carbocycles. The van der Waals surface area contributed by atoms with E-state index in [4.69, 9.17) is 0 Å². The Morgan fingerprint density at radius 3 is 2.57 bits per heavy atom. The van der Waals surface area contributed by atoms with Crippen LogP contribution in [-0.2, 0) is 19.5 Å². The molecule has 2 aromatic carbocycles. The van der Waals surface area contributed by atoms with Gasteiger partial charge in [-0.1, -0.05) is 48.5 Å². The summed E-state index contributed by atoms with van der Waals surface area (Å²) in [5, 5.41) is 3.26. The quantitative estimate of drug-likeness (QED) is 0.833. The van der Waals surface area contributed by atoms with Crippen molar-refractivity contribution < 1.29 is 4.79 Å². The minimum absolute atomic E-state index is 0.0117. The van der Waals surface area contributed by atoms with Gasteiger partial charge in [0, 0.05) is 20.1 Å². The Morgan fingerprint density at radius 1 is 1.04 bits per heavy atom. The molecule has 148 valence electrons. The van der Waals surface area contributed by atoms with E-state index in [0.717, 1.165) is 25.8 Å². The van der Waals surface area contributed by atoms with Crippen LogP contribution in [0.15, 0.2) is 48.5 Å². The fourth-order valence-corrected chi connectivity index (χ4v) is 4.54. The third-order valence-electron chi connectivity index (χ3n) is 6.13. The first kappa shape index (κ1) is 19.0. The van der Waals surface area contributed by atoms with E-state index in [1.807, 2.05) is 11.9 Å². The molecule has 0 aromatic heterocycles. The Labute approximate surface area is 168 Å². The Balaban J connectivity index is 1.40. The maximum absolute atomic E-state index is 12.9. The fraction of sp³-hybridized carbons (Fsp3) is 0.458. The highest BCUT2D eigenvalue weighted by Crippen LogP contribution is 2.29. The van der Waals surface area contributed by atoms with Crippen LogP contribution in [0.4, 0.5) is 4.79 Å². The van der Waals surface area contributed by atoms with Crippen LogP contribution in [0, 0.1) is 0 Å². The lowest BCUT2D eigenvalue weighted by molar-refractivity contribution is 0.201. The number of likely N-dealkylation sites (tertiary alicyclic amines) is 1. The summed E-state index contributed by atoms with van der Waals surface area (Å²) in [6.07, 6.45) is 5.86. The van der Waals surface area contributed by atoms with Crippen molar-refractivity contribution in [1.82, 2.24) is 15.1 Å². The molecule has 1 saturated heterocycles. The highest BCUT2D eigenvalue weighted by atomic mass is 16.2. The zero-order valence-electron chi connectivity index (χ0n) is 16.9. The third kappa shape index (κ3) is 4.39. The van der Waals surface area contributed by atoms with E-state index < -0.39 is 0 Å². The van der Waals surface area contributed by atoms with Gasteiger partial charge in [0.1, 0.15) is 0 Å². The van der Waals surface area contributed by atoms with Gasteiger partial charge in [-0.15, -0.1) is 0 Å². The Bertz CT molecular complexity index is 813. The molecular weight excluding hydrogens is 346 g/mol. The number of aryl methyl sites for hydroxylation is 1. The van der Waals surface area contributed by atoms with Crippen molar-refractivity contribution in [3.8, 4) is 0 Å². The van der Waals surface area contributed by atoms with E-state index in [1.54, 1.807) is 0 Å². The largest absolute Gasteiger partial charge is 0.331 e. The summed E-state index contributed by atoms with van der Waals surface area (Å²) in [5.74, 6) is 0. The van der Waals surface area contributed by atoms with Gasteiger partial charge in [0.05, 0.1) is 6.04 Å². The Kier molecular flexibility index (Phi) is 5.96. The first-order valence-electron chi connectivity index (χ1n) is 10.6. The summed E-state index contributed by atoms with van der Waals surface area (Å²) in [4.78, 5) is 17.2. The van der Waals surface area contributed by atoms with Crippen LogP contribution in [0.5, 0.6) is 0 Å². The van der Waals surface area contributed by atoms with Gasteiger partial charge in [-0.3, -0.25) is 4.90 Å². The summed E-state index contributed by atoms with van der Waals surface area (Å²) < 4.78 is 0. The normalized spacial score (nSPS) is 19.2. The van der Waals surface area contributed by atoms with Crippen LogP contribution in [0.1, 0.15) is 54.0 Å². The minimum Gasteiger partial charge on any atom is -0.331 e. The molecule has 0 bridgehead atoms.